The number of allylic oxidation sites excluding steroid dienone is 1. The summed E-state index contributed by atoms with van der Waals surface area (Å²) in [6, 6.07) is 8.19. The van der Waals surface area contributed by atoms with Gasteiger partial charge in [0, 0.05) is 13.0 Å². The molecule has 1 heterocycles. The molecule has 0 bridgehead atoms. The minimum absolute atomic E-state index is 0.706. The Labute approximate surface area is 95.6 Å². The lowest BCUT2D eigenvalue weighted by Gasteiger charge is -2.05. The van der Waals surface area contributed by atoms with Crippen LogP contribution in [0.15, 0.2) is 36.9 Å². The van der Waals surface area contributed by atoms with Crippen molar-refractivity contribution >= 4 is 11.0 Å². The summed E-state index contributed by atoms with van der Waals surface area (Å²) < 4.78 is 2.21. The number of para-hydroxylation sites is 2. The van der Waals surface area contributed by atoms with Crippen molar-refractivity contribution in [3.05, 3.63) is 42.7 Å². The van der Waals surface area contributed by atoms with Gasteiger partial charge in [0.05, 0.1) is 11.0 Å². The number of nitrogens with two attached hydrogens (primary N) is 1. The first-order valence-electron chi connectivity index (χ1n) is 5.62. The molecule has 2 aromatic rings. The van der Waals surface area contributed by atoms with Gasteiger partial charge in [-0.1, -0.05) is 18.2 Å². The Bertz CT molecular complexity index is 485. The van der Waals surface area contributed by atoms with E-state index in [2.05, 4.69) is 22.2 Å². The zero-order chi connectivity index (χ0) is 11.4. The second kappa shape index (κ2) is 4.94. The van der Waals surface area contributed by atoms with Gasteiger partial charge in [0.2, 0.25) is 0 Å². The summed E-state index contributed by atoms with van der Waals surface area (Å²) in [6.07, 6.45) is 3.81. The maximum Gasteiger partial charge on any atom is 0.110 e. The van der Waals surface area contributed by atoms with Crippen LogP contribution in [0.4, 0.5) is 0 Å². The molecule has 0 amide bonds. The number of fused-ring (bicyclic) bond motifs is 1. The lowest BCUT2D eigenvalue weighted by molar-refractivity contribution is 0.712. The monoisotopic (exact) mass is 215 g/mol. The Kier molecular flexibility index (Phi) is 3.37. The van der Waals surface area contributed by atoms with Gasteiger partial charge in [-0.25, -0.2) is 4.98 Å². The van der Waals surface area contributed by atoms with Gasteiger partial charge in [0.15, 0.2) is 0 Å². The van der Waals surface area contributed by atoms with E-state index in [1.165, 1.54) is 5.52 Å². The van der Waals surface area contributed by atoms with Crippen LogP contribution in [-0.4, -0.2) is 16.1 Å². The smallest absolute Gasteiger partial charge is 0.110 e. The largest absolute Gasteiger partial charge is 0.330 e. The predicted molar refractivity (Wildman–Crippen MR) is 67.3 cm³/mol. The van der Waals surface area contributed by atoms with E-state index in [9.17, 15) is 0 Å². The predicted octanol–water partition coefficient (Wildman–Crippen LogP) is 2.11. The van der Waals surface area contributed by atoms with Crippen LogP contribution in [-0.2, 0) is 13.0 Å². The van der Waals surface area contributed by atoms with Gasteiger partial charge in [0.1, 0.15) is 5.82 Å². The SMILES string of the molecule is C=CCn1c(CCCN)nc2ccccc21. The van der Waals surface area contributed by atoms with Gasteiger partial charge in [-0.3, -0.25) is 0 Å². The summed E-state index contributed by atoms with van der Waals surface area (Å²) in [6.45, 7) is 5.30. The molecule has 16 heavy (non-hydrogen) atoms. The molecule has 84 valence electrons. The highest BCUT2D eigenvalue weighted by Crippen LogP contribution is 2.16. The quantitative estimate of drug-likeness (QED) is 0.776. The van der Waals surface area contributed by atoms with Gasteiger partial charge < -0.3 is 10.3 Å². The van der Waals surface area contributed by atoms with Crippen molar-refractivity contribution in [3.8, 4) is 0 Å². The van der Waals surface area contributed by atoms with Crippen molar-refractivity contribution in [2.24, 2.45) is 5.73 Å². The maximum absolute atomic E-state index is 5.54. The zero-order valence-corrected chi connectivity index (χ0v) is 9.39. The average Bonchev–Trinajstić information content (AvgIpc) is 2.66. The first kappa shape index (κ1) is 10.9. The van der Waals surface area contributed by atoms with Gasteiger partial charge in [-0.15, -0.1) is 6.58 Å². The highest BCUT2D eigenvalue weighted by atomic mass is 15.1. The summed E-state index contributed by atoms with van der Waals surface area (Å²) in [7, 11) is 0. The molecule has 0 radical (unpaired) electrons. The van der Waals surface area contributed by atoms with E-state index in [-0.39, 0.29) is 0 Å². The number of aromatic nitrogens is 2. The number of benzene rings is 1. The molecule has 3 heteroatoms. The van der Waals surface area contributed by atoms with E-state index in [0.29, 0.717) is 6.54 Å². The molecule has 3 nitrogen and oxygen atoms in total. The van der Waals surface area contributed by atoms with Crippen molar-refractivity contribution < 1.29 is 0 Å². The molecule has 0 atom stereocenters. The Morgan fingerprint density at radius 3 is 2.94 bits per heavy atom. The first-order valence-corrected chi connectivity index (χ1v) is 5.62. The second-order valence-electron chi connectivity index (χ2n) is 3.81. The highest BCUT2D eigenvalue weighted by Gasteiger charge is 2.07. The fourth-order valence-electron chi connectivity index (χ4n) is 1.91. The molecular weight excluding hydrogens is 198 g/mol. The summed E-state index contributed by atoms with van der Waals surface area (Å²) in [5.74, 6) is 1.10. The van der Waals surface area contributed by atoms with Crippen LogP contribution in [0.25, 0.3) is 11.0 Å². The fourth-order valence-corrected chi connectivity index (χ4v) is 1.91. The average molecular weight is 215 g/mol. The van der Waals surface area contributed by atoms with E-state index in [1.54, 1.807) is 0 Å². The van der Waals surface area contributed by atoms with E-state index in [4.69, 9.17) is 5.73 Å². The summed E-state index contributed by atoms with van der Waals surface area (Å²) >= 11 is 0. The van der Waals surface area contributed by atoms with Crippen LogP contribution in [0.2, 0.25) is 0 Å². The standard InChI is InChI=1S/C13H17N3/c1-2-10-16-12-7-4-3-6-11(12)15-13(16)8-5-9-14/h2-4,6-7H,1,5,8-10,14H2. The molecule has 0 unspecified atom stereocenters. The number of nitrogens with zero attached hydrogens (tertiary/aromatic N) is 2. The van der Waals surface area contributed by atoms with Crippen molar-refractivity contribution in [2.75, 3.05) is 6.54 Å². The molecule has 0 aliphatic carbocycles. The summed E-state index contributed by atoms with van der Waals surface area (Å²) in [5.41, 5.74) is 7.77. The highest BCUT2D eigenvalue weighted by molar-refractivity contribution is 5.75. The number of imidazole rings is 1. The first-order chi connectivity index (χ1) is 7.86. The normalized spacial score (nSPS) is 10.8. The molecule has 1 aromatic carbocycles. The van der Waals surface area contributed by atoms with Crippen LogP contribution in [0.5, 0.6) is 0 Å². The van der Waals surface area contributed by atoms with Crippen LogP contribution >= 0.6 is 0 Å². The Hall–Kier alpha value is -1.61. The third kappa shape index (κ3) is 1.99. The van der Waals surface area contributed by atoms with E-state index >= 15 is 0 Å². The molecule has 0 fully saturated rings. The lowest BCUT2D eigenvalue weighted by Crippen LogP contribution is -2.06. The van der Waals surface area contributed by atoms with Gasteiger partial charge >= 0.3 is 0 Å². The Morgan fingerprint density at radius 1 is 1.38 bits per heavy atom. The topological polar surface area (TPSA) is 43.8 Å². The van der Waals surface area contributed by atoms with Crippen LogP contribution < -0.4 is 5.73 Å². The molecule has 0 aliphatic heterocycles. The molecule has 1 aromatic heterocycles. The van der Waals surface area contributed by atoms with Crippen molar-refractivity contribution in [1.29, 1.82) is 0 Å². The second-order valence-corrected chi connectivity index (χ2v) is 3.81. The van der Waals surface area contributed by atoms with Gasteiger partial charge in [-0.05, 0) is 25.1 Å². The molecule has 0 aliphatic rings. The van der Waals surface area contributed by atoms with E-state index < -0.39 is 0 Å². The molecule has 2 rings (SSSR count). The lowest BCUT2D eigenvalue weighted by atomic mass is 10.3. The maximum atomic E-state index is 5.54. The van der Waals surface area contributed by atoms with Crippen molar-refractivity contribution in [1.82, 2.24) is 9.55 Å². The van der Waals surface area contributed by atoms with Crippen LogP contribution in [0.3, 0.4) is 0 Å². The number of aryl methyl sites for hydroxylation is 1. The van der Waals surface area contributed by atoms with Crippen molar-refractivity contribution in [2.45, 2.75) is 19.4 Å². The van der Waals surface area contributed by atoms with Crippen LogP contribution in [0, 0.1) is 0 Å². The minimum Gasteiger partial charge on any atom is -0.330 e. The number of hydrogen-bond donors (Lipinski definition) is 1. The third-order valence-electron chi connectivity index (χ3n) is 2.65. The Balaban J connectivity index is 2.45. The number of rotatable bonds is 5. The zero-order valence-electron chi connectivity index (χ0n) is 9.39. The van der Waals surface area contributed by atoms with E-state index in [1.807, 2.05) is 24.3 Å². The van der Waals surface area contributed by atoms with Gasteiger partial charge in [0.25, 0.3) is 0 Å². The fraction of sp³-hybridized carbons (Fsp3) is 0.308. The Morgan fingerprint density at radius 2 is 2.19 bits per heavy atom. The molecule has 0 saturated carbocycles. The summed E-state index contributed by atoms with van der Waals surface area (Å²) in [4.78, 5) is 4.63. The molecular formula is C13H17N3. The van der Waals surface area contributed by atoms with Crippen molar-refractivity contribution in [3.63, 3.8) is 0 Å². The molecule has 2 N–H and O–H groups in total. The van der Waals surface area contributed by atoms with Gasteiger partial charge in [-0.2, -0.15) is 0 Å². The number of hydrogen-bond acceptors (Lipinski definition) is 2. The summed E-state index contributed by atoms with van der Waals surface area (Å²) in [5, 5.41) is 0. The van der Waals surface area contributed by atoms with E-state index in [0.717, 1.165) is 30.7 Å². The molecule has 0 saturated heterocycles. The third-order valence-corrected chi connectivity index (χ3v) is 2.65. The molecule has 0 spiro atoms. The minimum atomic E-state index is 0.706. The van der Waals surface area contributed by atoms with Crippen LogP contribution in [0.1, 0.15) is 12.2 Å².